The standard InChI is InChI=1S/C15H20FN/c1-2-12-9-10-17-14(11-12)8-7-13-5-3-4-6-15(13)16/h3-8,12,14,17H,2,9-11H2,1H3/b8-7+. The first-order valence-corrected chi connectivity index (χ1v) is 6.45. The van der Waals surface area contributed by atoms with Crippen molar-refractivity contribution in [3.63, 3.8) is 0 Å². The van der Waals surface area contributed by atoms with Crippen molar-refractivity contribution in [3.05, 3.63) is 41.7 Å². The minimum absolute atomic E-state index is 0.147. The van der Waals surface area contributed by atoms with E-state index in [2.05, 4.69) is 18.3 Å². The van der Waals surface area contributed by atoms with Crippen LogP contribution in [0, 0.1) is 11.7 Å². The second-order valence-electron chi connectivity index (χ2n) is 4.74. The molecule has 2 unspecified atom stereocenters. The third kappa shape index (κ3) is 3.40. The summed E-state index contributed by atoms with van der Waals surface area (Å²) < 4.78 is 13.4. The zero-order chi connectivity index (χ0) is 12.1. The monoisotopic (exact) mass is 233 g/mol. The Morgan fingerprint density at radius 3 is 3.00 bits per heavy atom. The predicted molar refractivity (Wildman–Crippen MR) is 70.2 cm³/mol. The van der Waals surface area contributed by atoms with Crippen LogP contribution < -0.4 is 5.32 Å². The van der Waals surface area contributed by atoms with Crippen LogP contribution in [0.4, 0.5) is 4.39 Å². The molecule has 2 heteroatoms. The molecule has 1 nitrogen and oxygen atoms in total. The van der Waals surface area contributed by atoms with Gasteiger partial charge in [-0.2, -0.15) is 0 Å². The van der Waals surface area contributed by atoms with Crippen LogP contribution >= 0.6 is 0 Å². The van der Waals surface area contributed by atoms with Gasteiger partial charge in [0.1, 0.15) is 5.82 Å². The van der Waals surface area contributed by atoms with Crippen molar-refractivity contribution in [3.8, 4) is 0 Å². The van der Waals surface area contributed by atoms with Crippen LogP contribution in [0.5, 0.6) is 0 Å². The fraction of sp³-hybridized carbons (Fsp3) is 0.467. The van der Waals surface area contributed by atoms with E-state index in [1.807, 2.05) is 18.2 Å². The molecule has 0 bridgehead atoms. The van der Waals surface area contributed by atoms with Crippen LogP contribution in [-0.2, 0) is 0 Å². The minimum Gasteiger partial charge on any atom is -0.310 e. The molecule has 1 aliphatic heterocycles. The number of rotatable bonds is 3. The lowest BCUT2D eigenvalue weighted by molar-refractivity contribution is 0.326. The van der Waals surface area contributed by atoms with E-state index in [-0.39, 0.29) is 5.82 Å². The van der Waals surface area contributed by atoms with Gasteiger partial charge in [-0.3, -0.25) is 0 Å². The molecular weight excluding hydrogens is 213 g/mol. The third-order valence-corrected chi connectivity index (χ3v) is 3.54. The van der Waals surface area contributed by atoms with Crippen molar-refractivity contribution in [2.24, 2.45) is 5.92 Å². The van der Waals surface area contributed by atoms with Crippen molar-refractivity contribution in [2.45, 2.75) is 32.2 Å². The summed E-state index contributed by atoms with van der Waals surface area (Å²) in [5, 5.41) is 3.46. The number of nitrogens with one attached hydrogen (secondary N) is 1. The Morgan fingerprint density at radius 1 is 1.41 bits per heavy atom. The van der Waals surface area contributed by atoms with E-state index in [1.165, 1.54) is 25.3 Å². The normalized spacial score (nSPS) is 25.3. The molecule has 1 fully saturated rings. The highest BCUT2D eigenvalue weighted by molar-refractivity contribution is 5.50. The Morgan fingerprint density at radius 2 is 2.24 bits per heavy atom. The van der Waals surface area contributed by atoms with Crippen molar-refractivity contribution in [1.29, 1.82) is 0 Å². The van der Waals surface area contributed by atoms with Crippen molar-refractivity contribution in [2.75, 3.05) is 6.54 Å². The SMILES string of the molecule is CCC1CCNC(/C=C/c2ccccc2F)C1. The van der Waals surface area contributed by atoms with E-state index in [1.54, 1.807) is 6.07 Å². The fourth-order valence-electron chi connectivity index (χ4n) is 2.38. The Kier molecular flexibility index (Phi) is 4.32. The number of halogens is 1. The van der Waals surface area contributed by atoms with Gasteiger partial charge in [0.15, 0.2) is 0 Å². The average Bonchev–Trinajstić information content (AvgIpc) is 2.38. The summed E-state index contributed by atoms with van der Waals surface area (Å²) in [6.07, 6.45) is 7.67. The van der Waals surface area contributed by atoms with Gasteiger partial charge in [-0.05, 0) is 31.4 Å². The Balaban J connectivity index is 1.98. The molecule has 0 aromatic heterocycles. The zero-order valence-corrected chi connectivity index (χ0v) is 10.3. The molecule has 1 heterocycles. The van der Waals surface area contributed by atoms with E-state index in [0.717, 1.165) is 12.5 Å². The van der Waals surface area contributed by atoms with E-state index in [0.29, 0.717) is 11.6 Å². The maximum Gasteiger partial charge on any atom is 0.130 e. The first kappa shape index (κ1) is 12.3. The lowest BCUT2D eigenvalue weighted by Gasteiger charge is -2.27. The Bertz CT molecular complexity index is 386. The van der Waals surface area contributed by atoms with E-state index in [4.69, 9.17) is 0 Å². The molecule has 2 atom stereocenters. The number of hydrogen-bond acceptors (Lipinski definition) is 1. The summed E-state index contributed by atoms with van der Waals surface area (Å²) in [7, 11) is 0. The molecule has 92 valence electrons. The number of hydrogen-bond donors (Lipinski definition) is 1. The summed E-state index contributed by atoms with van der Waals surface area (Å²) in [6.45, 7) is 3.32. The van der Waals surface area contributed by atoms with Crippen LogP contribution in [0.2, 0.25) is 0 Å². The van der Waals surface area contributed by atoms with E-state index < -0.39 is 0 Å². The van der Waals surface area contributed by atoms with Gasteiger partial charge in [0.2, 0.25) is 0 Å². The van der Waals surface area contributed by atoms with Crippen molar-refractivity contribution in [1.82, 2.24) is 5.32 Å². The quantitative estimate of drug-likeness (QED) is 0.841. The fourth-order valence-corrected chi connectivity index (χ4v) is 2.38. The van der Waals surface area contributed by atoms with Gasteiger partial charge >= 0.3 is 0 Å². The smallest absolute Gasteiger partial charge is 0.130 e. The number of piperidine rings is 1. The highest BCUT2D eigenvalue weighted by Crippen LogP contribution is 2.20. The topological polar surface area (TPSA) is 12.0 Å². The van der Waals surface area contributed by atoms with Gasteiger partial charge in [-0.25, -0.2) is 4.39 Å². The Hall–Kier alpha value is -1.15. The maximum atomic E-state index is 13.4. The molecule has 0 amide bonds. The van der Waals surface area contributed by atoms with Crippen molar-refractivity contribution < 1.29 is 4.39 Å². The van der Waals surface area contributed by atoms with Crippen LogP contribution in [0.1, 0.15) is 31.7 Å². The number of benzene rings is 1. The third-order valence-electron chi connectivity index (χ3n) is 3.54. The van der Waals surface area contributed by atoms with Crippen LogP contribution in [0.15, 0.2) is 30.3 Å². The molecule has 1 aliphatic rings. The van der Waals surface area contributed by atoms with Gasteiger partial charge in [-0.1, -0.05) is 43.7 Å². The molecule has 17 heavy (non-hydrogen) atoms. The van der Waals surface area contributed by atoms with Gasteiger partial charge in [0.25, 0.3) is 0 Å². The zero-order valence-electron chi connectivity index (χ0n) is 10.3. The molecule has 1 saturated heterocycles. The van der Waals surface area contributed by atoms with Gasteiger partial charge in [-0.15, -0.1) is 0 Å². The van der Waals surface area contributed by atoms with Gasteiger partial charge in [0.05, 0.1) is 0 Å². The molecule has 0 saturated carbocycles. The summed E-state index contributed by atoms with van der Waals surface area (Å²) in [6, 6.07) is 7.30. The molecule has 1 aromatic rings. The molecule has 2 rings (SSSR count). The first-order chi connectivity index (χ1) is 8.29. The highest BCUT2D eigenvalue weighted by atomic mass is 19.1. The lowest BCUT2D eigenvalue weighted by Crippen LogP contribution is -2.36. The van der Waals surface area contributed by atoms with E-state index >= 15 is 0 Å². The largest absolute Gasteiger partial charge is 0.310 e. The summed E-state index contributed by atoms with van der Waals surface area (Å²) in [4.78, 5) is 0. The second kappa shape index (κ2) is 5.97. The predicted octanol–water partition coefficient (Wildman–Crippen LogP) is 3.62. The Labute approximate surface area is 103 Å². The van der Waals surface area contributed by atoms with Gasteiger partial charge < -0.3 is 5.32 Å². The van der Waals surface area contributed by atoms with Gasteiger partial charge in [0, 0.05) is 11.6 Å². The summed E-state index contributed by atoms with van der Waals surface area (Å²) in [5.41, 5.74) is 0.674. The van der Waals surface area contributed by atoms with Crippen LogP contribution in [0.3, 0.4) is 0 Å². The second-order valence-corrected chi connectivity index (χ2v) is 4.74. The maximum absolute atomic E-state index is 13.4. The molecular formula is C15H20FN. The molecule has 0 aliphatic carbocycles. The summed E-state index contributed by atoms with van der Waals surface area (Å²) >= 11 is 0. The van der Waals surface area contributed by atoms with Crippen molar-refractivity contribution >= 4 is 6.08 Å². The van der Waals surface area contributed by atoms with Crippen LogP contribution in [0.25, 0.3) is 6.08 Å². The van der Waals surface area contributed by atoms with E-state index in [9.17, 15) is 4.39 Å². The molecule has 1 N–H and O–H groups in total. The lowest BCUT2D eigenvalue weighted by atomic mass is 9.90. The average molecular weight is 233 g/mol. The van der Waals surface area contributed by atoms with Crippen LogP contribution in [-0.4, -0.2) is 12.6 Å². The highest BCUT2D eigenvalue weighted by Gasteiger charge is 2.17. The molecule has 1 aromatic carbocycles. The summed E-state index contributed by atoms with van der Waals surface area (Å²) in [5.74, 6) is 0.665. The minimum atomic E-state index is -0.147. The molecule has 0 radical (unpaired) electrons. The molecule has 0 spiro atoms. The first-order valence-electron chi connectivity index (χ1n) is 6.45.